The Morgan fingerprint density at radius 2 is 1.56 bits per heavy atom. The fourth-order valence-electron chi connectivity index (χ4n) is 6.54. The van der Waals surface area contributed by atoms with Crippen molar-refractivity contribution < 1.29 is 29.3 Å². The summed E-state index contributed by atoms with van der Waals surface area (Å²) >= 11 is 7.81. The molecule has 0 bridgehead atoms. The van der Waals surface area contributed by atoms with Crippen LogP contribution in [0.2, 0.25) is 0 Å². The van der Waals surface area contributed by atoms with Gasteiger partial charge in [-0.2, -0.15) is 0 Å². The van der Waals surface area contributed by atoms with Crippen LogP contribution in [0.1, 0.15) is 124 Å². The molecule has 2 aliphatic heterocycles. The number of nitrogens with zero attached hydrogens (tertiary/aromatic N) is 1. The van der Waals surface area contributed by atoms with Crippen LogP contribution in [-0.4, -0.2) is 94.2 Å². The Labute approximate surface area is 270 Å². The van der Waals surface area contributed by atoms with Crippen molar-refractivity contribution in [1.82, 2.24) is 10.2 Å². The van der Waals surface area contributed by atoms with Crippen molar-refractivity contribution in [3.63, 3.8) is 0 Å². The maximum Gasteiger partial charge on any atom is 0.306 e. The fraction of sp³-hybridized carbons (Fsp3) is 0.939. The Balaban J connectivity index is 1.79. The van der Waals surface area contributed by atoms with E-state index in [1.54, 1.807) is 13.2 Å². The van der Waals surface area contributed by atoms with Crippen LogP contribution in [0.5, 0.6) is 0 Å². The van der Waals surface area contributed by atoms with Crippen LogP contribution in [0.15, 0.2) is 0 Å². The van der Waals surface area contributed by atoms with Gasteiger partial charge in [0.05, 0.1) is 17.5 Å². The Morgan fingerprint density at radius 1 is 0.977 bits per heavy atom. The first-order valence-electron chi connectivity index (χ1n) is 17.0. The largest absolute Gasteiger partial charge is 0.456 e. The van der Waals surface area contributed by atoms with Crippen molar-refractivity contribution in [3.8, 4) is 0 Å². The van der Waals surface area contributed by atoms with Crippen molar-refractivity contribution >= 4 is 35.2 Å². The zero-order valence-electron chi connectivity index (χ0n) is 27.5. The number of halogens is 1. The van der Waals surface area contributed by atoms with E-state index >= 15 is 0 Å². The highest BCUT2D eigenvalue weighted by molar-refractivity contribution is 7.99. The number of likely N-dealkylation sites (N-methyl/N-ethyl adjacent to an activating group) is 1. The smallest absolute Gasteiger partial charge is 0.306 e. The summed E-state index contributed by atoms with van der Waals surface area (Å²) in [6.07, 6.45) is 14.8. The average Bonchev–Trinajstić information content (AvgIpc) is 3.35. The summed E-state index contributed by atoms with van der Waals surface area (Å²) in [6.45, 7) is 7.00. The van der Waals surface area contributed by atoms with Gasteiger partial charge in [0.25, 0.3) is 0 Å². The molecule has 0 spiro atoms. The van der Waals surface area contributed by atoms with E-state index in [1.165, 1.54) is 69.5 Å². The monoisotopic (exact) mass is 648 g/mol. The maximum atomic E-state index is 13.3. The molecule has 0 aromatic rings. The molecular weight excluding hydrogens is 588 g/mol. The Kier molecular flexibility index (Phi) is 19.1. The number of amides is 1. The molecule has 8 nitrogen and oxygen atoms in total. The second kappa shape index (κ2) is 21.3. The first-order chi connectivity index (χ1) is 20.6. The van der Waals surface area contributed by atoms with Crippen LogP contribution in [0.4, 0.5) is 0 Å². The Hall–Kier alpha value is -0.580. The van der Waals surface area contributed by atoms with Crippen LogP contribution in [0.3, 0.4) is 0 Å². The summed E-state index contributed by atoms with van der Waals surface area (Å²) in [5.74, 6) is -0.0753. The molecule has 0 aromatic carbocycles. The van der Waals surface area contributed by atoms with Crippen molar-refractivity contribution in [2.24, 2.45) is 5.92 Å². The summed E-state index contributed by atoms with van der Waals surface area (Å²) in [6, 6.07) is -1.00. The molecule has 10 heteroatoms. The standard InChI is InChI=1S/C33H61ClN2O6S/c1-6-8-9-10-11-12-13-14-15-16-17-18-20-26(37)41-31-29(39)28(38)30(42-33(31)43-5)27(23(3)34)35-32(40)25-21-24(19-7-2)22-36(25)4/h23-25,27-31,33,38-39H,6-22H2,1-5H3,(H,35,40)/t23?,24?,25-,27?,28-,29?,30?,31?,33-/m1/s1. The molecule has 1 amide bonds. The predicted octanol–water partition coefficient (Wildman–Crippen LogP) is 6.03. The maximum absolute atomic E-state index is 13.3. The molecule has 0 aromatic heterocycles. The number of carbonyl (C=O) groups is 2. The molecule has 0 radical (unpaired) electrons. The molecule has 6 unspecified atom stereocenters. The van der Waals surface area contributed by atoms with E-state index in [2.05, 4.69) is 24.1 Å². The lowest BCUT2D eigenvalue weighted by molar-refractivity contribution is -0.218. The number of hydrogen-bond donors (Lipinski definition) is 3. The second-order valence-corrected chi connectivity index (χ2v) is 14.5. The lowest BCUT2D eigenvalue weighted by Crippen LogP contribution is -2.65. The number of alkyl halides is 1. The molecule has 0 aliphatic carbocycles. The lowest BCUT2D eigenvalue weighted by Gasteiger charge is -2.45. The number of ether oxygens (including phenoxy) is 2. The van der Waals surface area contributed by atoms with Crippen molar-refractivity contribution in [3.05, 3.63) is 0 Å². The molecule has 3 N–H and O–H groups in total. The highest BCUT2D eigenvalue weighted by Gasteiger charge is 2.50. The number of thioether (sulfide) groups is 1. The molecule has 252 valence electrons. The van der Waals surface area contributed by atoms with Crippen LogP contribution < -0.4 is 5.32 Å². The van der Waals surface area contributed by atoms with Crippen molar-refractivity contribution in [2.45, 2.75) is 171 Å². The van der Waals surface area contributed by atoms with Gasteiger partial charge >= 0.3 is 5.97 Å². The van der Waals surface area contributed by atoms with E-state index in [4.69, 9.17) is 21.1 Å². The Bertz CT molecular complexity index is 790. The number of nitrogens with one attached hydrogen (secondary N) is 1. The minimum atomic E-state index is -1.38. The average molecular weight is 649 g/mol. The summed E-state index contributed by atoms with van der Waals surface area (Å²) in [5.41, 5.74) is -0.702. The Morgan fingerprint density at radius 3 is 2.09 bits per heavy atom. The summed E-state index contributed by atoms with van der Waals surface area (Å²) in [4.78, 5) is 28.0. The second-order valence-electron chi connectivity index (χ2n) is 12.8. The number of aliphatic hydroxyl groups excluding tert-OH is 2. The van der Waals surface area contributed by atoms with Gasteiger partial charge in [0.15, 0.2) is 6.10 Å². The predicted molar refractivity (Wildman–Crippen MR) is 176 cm³/mol. The highest BCUT2D eigenvalue weighted by Crippen LogP contribution is 2.33. The molecule has 9 atom stereocenters. The quantitative estimate of drug-likeness (QED) is 0.0787. The van der Waals surface area contributed by atoms with Gasteiger partial charge in [0.2, 0.25) is 5.91 Å². The molecule has 2 fully saturated rings. The minimum Gasteiger partial charge on any atom is -0.456 e. The highest BCUT2D eigenvalue weighted by atomic mass is 35.5. The molecule has 2 heterocycles. The molecule has 2 aliphatic rings. The van der Waals surface area contributed by atoms with Gasteiger partial charge in [-0.1, -0.05) is 90.9 Å². The van der Waals surface area contributed by atoms with Gasteiger partial charge in [-0.3, -0.25) is 14.5 Å². The normalized spacial score (nSPS) is 29.3. The minimum absolute atomic E-state index is 0.152. The number of rotatable bonds is 21. The number of esters is 1. The van der Waals surface area contributed by atoms with Crippen LogP contribution in [0.25, 0.3) is 0 Å². The summed E-state index contributed by atoms with van der Waals surface area (Å²) in [5, 5.41) is 24.6. The lowest BCUT2D eigenvalue weighted by atomic mass is 9.92. The third kappa shape index (κ3) is 13.0. The molecule has 0 saturated carbocycles. The topological polar surface area (TPSA) is 108 Å². The number of carbonyl (C=O) groups excluding carboxylic acids is 2. The van der Waals surface area contributed by atoms with Gasteiger partial charge in [-0.15, -0.1) is 23.4 Å². The third-order valence-electron chi connectivity index (χ3n) is 9.11. The van der Waals surface area contributed by atoms with E-state index in [1.807, 2.05) is 7.05 Å². The number of hydrogen-bond acceptors (Lipinski definition) is 8. The van der Waals surface area contributed by atoms with Crippen molar-refractivity contribution in [2.75, 3.05) is 19.8 Å². The molecule has 43 heavy (non-hydrogen) atoms. The zero-order valence-corrected chi connectivity index (χ0v) is 29.1. The van der Waals surface area contributed by atoms with E-state index < -0.39 is 47.2 Å². The van der Waals surface area contributed by atoms with Gasteiger partial charge in [0.1, 0.15) is 23.7 Å². The van der Waals surface area contributed by atoms with Crippen LogP contribution in [-0.2, 0) is 19.1 Å². The van der Waals surface area contributed by atoms with E-state index in [-0.39, 0.29) is 18.4 Å². The summed E-state index contributed by atoms with van der Waals surface area (Å²) in [7, 11) is 1.95. The van der Waals surface area contributed by atoms with E-state index in [0.717, 1.165) is 45.1 Å². The third-order valence-corrected chi connectivity index (χ3v) is 10.2. The van der Waals surface area contributed by atoms with Gasteiger partial charge in [-0.05, 0) is 45.4 Å². The van der Waals surface area contributed by atoms with Gasteiger partial charge < -0.3 is 25.0 Å². The van der Waals surface area contributed by atoms with Crippen LogP contribution >= 0.6 is 23.4 Å². The van der Waals surface area contributed by atoms with Gasteiger partial charge in [0, 0.05) is 13.0 Å². The molecule has 2 saturated heterocycles. The SMILES string of the molecule is CCCCCCCCCCCCCCC(=O)OC1C(O)[C@@H](O)C(C(NC(=O)[C@H]2CC(CCC)CN2C)C(C)Cl)O[C@@H]1SC. The molecule has 2 rings (SSSR count). The van der Waals surface area contributed by atoms with Gasteiger partial charge in [-0.25, -0.2) is 0 Å². The first kappa shape index (κ1) is 38.6. The fourth-order valence-corrected chi connectivity index (χ4v) is 7.47. The van der Waals surface area contributed by atoms with Crippen LogP contribution in [0, 0.1) is 5.92 Å². The first-order valence-corrected chi connectivity index (χ1v) is 18.7. The number of likely N-dealkylation sites (tertiary alicyclic amines) is 1. The molecular formula is C33H61ClN2O6S. The zero-order chi connectivity index (χ0) is 31.8. The van der Waals surface area contributed by atoms with Crippen molar-refractivity contribution in [1.29, 1.82) is 0 Å². The number of unbranched alkanes of at least 4 members (excludes halogenated alkanes) is 11. The summed E-state index contributed by atoms with van der Waals surface area (Å²) < 4.78 is 11.8. The van der Waals surface area contributed by atoms with E-state index in [0.29, 0.717) is 5.92 Å². The van der Waals surface area contributed by atoms with E-state index in [9.17, 15) is 19.8 Å². The number of aliphatic hydroxyl groups is 2.